The zero-order chi connectivity index (χ0) is 15.5. The maximum atomic E-state index is 12.9. The van der Waals surface area contributed by atoms with Crippen LogP contribution in [-0.2, 0) is 14.9 Å². The molecular formula is C18H25NO2. The fraction of sp³-hybridized carbons (Fsp3) is 0.500. The summed E-state index contributed by atoms with van der Waals surface area (Å²) in [6.07, 6.45) is 3.94. The van der Waals surface area contributed by atoms with Gasteiger partial charge in [-0.15, -0.1) is 0 Å². The van der Waals surface area contributed by atoms with Gasteiger partial charge in [0.15, 0.2) is 0 Å². The van der Waals surface area contributed by atoms with Crippen LogP contribution < -0.4 is 0 Å². The average Bonchev–Trinajstić information content (AvgIpc) is 2.47. The van der Waals surface area contributed by atoms with E-state index >= 15 is 0 Å². The second-order valence-electron chi connectivity index (χ2n) is 5.91. The highest BCUT2D eigenvalue weighted by Gasteiger charge is 2.51. The van der Waals surface area contributed by atoms with Gasteiger partial charge in [-0.2, -0.15) is 0 Å². The Kier molecular flexibility index (Phi) is 4.84. The number of rotatable bonds is 4. The summed E-state index contributed by atoms with van der Waals surface area (Å²) in [4.78, 5) is 15.0. The van der Waals surface area contributed by atoms with Crippen LogP contribution in [0.5, 0.6) is 0 Å². The molecule has 3 heteroatoms. The quantitative estimate of drug-likeness (QED) is 0.629. The minimum absolute atomic E-state index is 0.0349. The molecule has 1 aromatic carbocycles. The summed E-state index contributed by atoms with van der Waals surface area (Å²) in [7, 11) is 4.06. The molecule has 0 radical (unpaired) electrons. The van der Waals surface area contributed by atoms with E-state index in [0.717, 1.165) is 18.4 Å². The summed E-state index contributed by atoms with van der Waals surface area (Å²) in [5.41, 5.74) is 1.68. The van der Waals surface area contributed by atoms with Crippen molar-refractivity contribution < 1.29 is 9.53 Å². The lowest BCUT2D eigenvalue weighted by molar-refractivity contribution is -0.153. The van der Waals surface area contributed by atoms with Crippen molar-refractivity contribution in [3.05, 3.63) is 47.5 Å². The van der Waals surface area contributed by atoms with Gasteiger partial charge in [-0.05, 0) is 46.3 Å². The van der Waals surface area contributed by atoms with E-state index in [9.17, 15) is 4.79 Å². The van der Waals surface area contributed by atoms with E-state index in [-0.39, 0.29) is 12.0 Å². The zero-order valence-corrected chi connectivity index (χ0v) is 13.4. The predicted octanol–water partition coefficient (Wildman–Crippen LogP) is 3.16. The molecule has 0 aliphatic heterocycles. The van der Waals surface area contributed by atoms with Crippen LogP contribution in [0.4, 0.5) is 0 Å². The molecule has 0 fully saturated rings. The van der Waals surface area contributed by atoms with E-state index in [2.05, 4.69) is 17.9 Å². The lowest BCUT2D eigenvalue weighted by Crippen LogP contribution is -2.55. The Morgan fingerprint density at radius 2 is 2.00 bits per heavy atom. The highest BCUT2D eigenvalue weighted by molar-refractivity contribution is 5.85. The van der Waals surface area contributed by atoms with E-state index in [1.165, 1.54) is 5.57 Å². The molecule has 3 nitrogen and oxygen atoms in total. The van der Waals surface area contributed by atoms with Crippen LogP contribution in [0.1, 0.15) is 32.3 Å². The van der Waals surface area contributed by atoms with E-state index in [4.69, 9.17) is 4.74 Å². The van der Waals surface area contributed by atoms with Gasteiger partial charge in [0.2, 0.25) is 0 Å². The highest BCUT2D eigenvalue weighted by Crippen LogP contribution is 2.42. The standard InChI is InChI=1S/C18H25NO2/c1-5-21-17(20)18(15-11-7-6-8-12-15)13-9-10-14(2)16(18)19(3)4/h6-8,10-12,16H,5,9,13H2,1-4H3/t16-,18-/m0/s1. The molecule has 1 aliphatic rings. The molecule has 0 bridgehead atoms. The average molecular weight is 287 g/mol. The third-order valence-electron chi connectivity index (χ3n) is 4.35. The van der Waals surface area contributed by atoms with Crippen LogP contribution in [0, 0.1) is 0 Å². The second kappa shape index (κ2) is 6.44. The van der Waals surface area contributed by atoms with Gasteiger partial charge in [-0.3, -0.25) is 4.79 Å². The van der Waals surface area contributed by atoms with E-state index < -0.39 is 5.41 Å². The summed E-state index contributed by atoms with van der Waals surface area (Å²) < 4.78 is 5.48. The number of allylic oxidation sites excluding steroid dienone is 1. The minimum atomic E-state index is -0.612. The Bertz CT molecular complexity index is 521. The third-order valence-corrected chi connectivity index (χ3v) is 4.35. The number of hydrogen-bond donors (Lipinski definition) is 0. The molecule has 0 saturated carbocycles. The monoisotopic (exact) mass is 287 g/mol. The first-order chi connectivity index (χ1) is 10.0. The summed E-state index contributed by atoms with van der Waals surface area (Å²) in [5, 5.41) is 0. The van der Waals surface area contributed by atoms with Crippen molar-refractivity contribution in [1.82, 2.24) is 4.90 Å². The minimum Gasteiger partial charge on any atom is -0.465 e. The molecule has 1 aliphatic carbocycles. The molecule has 0 spiro atoms. The number of benzene rings is 1. The number of ether oxygens (including phenoxy) is 1. The highest BCUT2D eigenvalue weighted by atomic mass is 16.5. The molecule has 2 atom stereocenters. The van der Waals surface area contributed by atoms with Gasteiger partial charge in [0.1, 0.15) is 5.41 Å². The summed E-state index contributed by atoms with van der Waals surface area (Å²) in [5.74, 6) is -0.109. The molecule has 21 heavy (non-hydrogen) atoms. The van der Waals surface area contributed by atoms with Crippen molar-refractivity contribution in [1.29, 1.82) is 0 Å². The van der Waals surface area contributed by atoms with Crippen LogP contribution in [-0.4, -0.2) is 37.6 Å². The SMILES string of the molecule is CCOC(=O)[C@]1(c2ccccc2)CCC=C(C)[C@@H]1N(C)C. The fourth-order valence-corrected chi connectivity index (χ4v) is 3.64. The van der Waals surface area contributed by atoms with Gasteiger partial charge in [-0.25, -0.2) is 0 Å². The molecule has 114 valence electrons. The van der Waals surface area contributed by atoms with Crippen molar-refractivity contribution in [2.75, 3.05) is 20.7 Å². The van der Waals surface area contributed by atoms with E-state index in [1.807, 2.05) is 51.4 Å². The maximum Gasteiger partial charge on any atom is 0.318 e. The van der Waals surface area contributed by atoms with E-state index in [1.54, 1.807) is 0 Å². The Morgan fingerprint density at radius 1 is 1.33 bits per heavy atom. The van der Waals surface area contributed by atoms with Crippen molar-refractivity contribution in [2.45, 2.75) is 38.1 Å². The second-order valence-corrected chi connectivity index (χ2v) is 5.91. The first-order valence-electron chi connectivity index (χ1n) is 7.60. The normalized spacial score (nSPS) is 25.6. The number of hydrogen-bond acceptors (Lipinski definition) is 3. The van der Waals surface area contributed by atoms with Gasteiger partial charge >= 0.3 is 5.97 Å². The lowest BCUT2D eigenvalue weighted by atomic mass is 9.65. The van der Waals surface area contributed by atoms with Crippen molar-refractivity contribution >= 4 is 5.97 Å². The van der Waals surface area contributed by atoms with Gasteiger partial charge in [0.05, 0.1) is 12.6 Å². The van der Waals surface area contributed by atoms with Crippen LogP contribution in [0.3, 0.4) is 0 Å². The van der Waals surface area contributed by atoms with Gasteiger partial charge in [0, 0.05) is 0 Å². The topological polar surface area (TPSA) is 29.5 Å². The number of nitrogens with zero attached hydrogens (tertiary/aromatic N) is 1. The molecule has 0 aromatic heterocycles. The third kappa shape index (κ3) is 2.75. The Labute approximate surface area is 127 Å². The Morgan fingerprint density at radius 3 is 2.57 bits per heavy atom. The first kappa shape index (κ1) is 15.8. The number of likely N-dealkylation sites (N-methyl/N-ethyl adjacent to an activating group) is 1. The number of carbonyl (C=O) groups excluding carboxylic acids is 1. The molecule has 0 unspecified atom stereocenters. The molecule has 1 aromatic rings. The summed E-state index contributed by atoms with van der Waals surface area (Å²) in [6.45, 7) is 4.39. The van der Waals surface area contributed by atoms with Crippen molar-refractivity contribution in [3.63, 3.8) is 0 Å². The summed E-state index contributed by atoms with van der Waals surface area (Å²) >= 11 is 0. The van der Waals surface area contributed by atoms with Crippen LogP contribution in [0.15, 0.2) is 42.0 Å². The van der Waals surface area contributed by atoms with Gasteiger partial charge in [-0.1, -0.05) is 42.0 Å². The Hall–Kier alpha value is -1.61. The molecule has 2 rings (SSSR count). The van der Waals surface area contributed by atoms with Crippen LogP contribution in [0.2, 0.25) is 0 Å². The fourth-order valence-electron chi connectivity index (χ4n) is 3.64. The molecular weight excluding hydrogens is 262 g/mol. The maximum absolute atomic E-state index is 12.9. The summed E-state index contributed by atoms with van der Waals surface area (Å²) in [6, 6.07) is 10.1. The molecule has 0 saturated heterocycles. The van der Waals surface area contributed by atoms with Crippen LogP contribution >= 0.6 is 0 Å². The number of carbonyl (C=O) groups is 1. The van der Waals surface area contributed by atoms with Crippen molar-refractivity contribution in [3.8, 4) is 0 Å². The lowest BCUT2D eigenvalue weighted by Gasteiger charge is -2.45. The largest absolute Gasteiger partial charge is 0.465 e. The van der Waals surface area contributed by atoms with E-state index in [0.29, 0.717) is 6.61 Å². The number of esters is 1. The van der Waals surface area contributed by atoms with Crippen LogP contribution in [0.25, 0.3) is 0 Å². The van der Waals surface area contributed by atoms with Gasteiger partial charge in [0.25, 0.3) is 0 Å². The smallest absolute Gasteiger partial charge is 0.318 e. The Balaban J connectivity index is 2.60. The first-order valence-corrected chi connectivity index (χ1v) is 7.60. The molecule has 0 heterocycles. The zero-order valence-electron chi connectivity index (χ0n) is 13.4. The molecule has 0 N–H and O–H groups in total. The molecule has 0 amide bonds. The van der Waals surface area contributed by atoms with Crippen molar-refractivity contribution in [2.24, 2.45) is 0 Å². The predicted molar refractivity (Wildman–Crippen MR) is 85.2 cm³/mol. The van der Waals surface area contributed by atoms with Gasteiger partial charge < -0.3 is 9.64 Å².